The highest BCUT2D eigenvalue weighted by atomic mass is 19.4. The molecule has 0 saturated carbocycles. The number of methoxy groups -OCH3 is 1. The number of nitrogens with zero attached hydrogens (tertiary/aromatic N) is 2. The Bertz CT molecular complexity index is 761. The molecule has 24 heavy (non-hydrogen) atoms. The molecule has 1 aromatic heterocycles. The lowest BCUT2D eigenvalue weighted by Gasteiger charge is -2.27. The molecule has 0 spiro atoms. The number of halogens is 4. The largest absolute Gasteiger partial charge is 0.440 e. The fourth-order valence-electron chi connectivity index (χ4n) is 2.68. The highest BCUT2D eigenvalue weighted by Gasteiger charge is 2.48. The topological polar surface area (TPSA) is 67.6 Å². The molecule has 0 aliphatic carbocycles. The second-order valence-electron chi connectivity index (χ2n) is 5.37. The predicted octanol–water partition coefficient (Wildman–Crippen LogP) is 2.61. The van der Waals surface area contributed by atoms with E-state index in [1.165, 1.54) is 13.2 Å². The number of rotatable bonds is 4. The number of amides is 2. The zero-order valence-electron chi connectivity index (χ0n) is 12.4. The van der Waals surface area contributed by atoms with Gasteiger partial charge in [0.25, 0.3) is 0 Å². The molecule has 1 N–H and O–H groups in total. The van der Waals surface area contributed by atoms with E-state index in [2.05, 4.69) is 4.98 Å². The molecule has 1 aliphatic rings. The SMILES string of the molecule is COC[C@@H](c1cc(F)c2ocnc2c1)N1C[C@@H](C(F)(F)F)NC1=O. The number of hydrogen-bond donors (Lipinski definition) is 1. The third-order valence-corrected chi connectivity index (χ3v) is 3.83. The molecule has 2 heterocycles. The Morgan fingerprint density at radius 1 is 1.50 bits per heavy atom. The zero-order chi connectivity index (χ0) is 17.5. The summed E-state index contributed by atoms with van der Waals surface area (Å²) >= 11 is 0. The number of fused-ring (bicyclic) bond motifs is 1. The van der Waals surface area contributed by atoms with Crippen molar-refractivity contribution in [1.29, 1.82) is 0 Å². The van der Waals surface area contributed by atoms with Crippen molar-refractivity contribution in [2.45, 2.75) is 18.3 Å². The molecule has 0 radical (unpaired) electrons. The quantitative estimate of drug-likeness (QED) is 0.864. The molecule has 6 nitrogen and oxygen atoms in total. The summed E-state index contributed by atoms with van der Waals surface area (Å²) in [6.45, 7) is -0.685. The number of hydrogen-bond acceptors (Lipinski definition) is 4. The van der Waals surface area contributed by atoms with Gasteiger partial charge in [-0.05, 0) is 17.7 Å². The predicted molar refractivity (Wildman–Crippen MR) is 73.7 cm³/mol. The average molecular weight is 347 g/mol. The van der Waals surface area contributed by atoms with Gasteiger partial charge in [-0.3, -0.25) is 0 Å². The smallest absolute Gasteiger partial charge is 0.410 e. The van der Waals surface area contributed by atoms with Crippen LogP contribution in [0, 0.1) is 5.82 Å². The normalized spacial score (nSPS) is 19.8. The maximum absolute atomic E-state index is 14.1. The van der Waals surface area contributed by atoms with Gasteiger partial charge in [0.2, 0.25) is 0 Å². The van der Waals surface area contributed by atoms with Crippen molar-refractivity contribution in [3.8, 4) is 0 Å². The van der Waals surface area contributed by atoms with Crippen molar-refractivity contribution in [2.75, 3.05) is 20.3 Å². The number of carbonyl (C=O) groups excluding carboxylic acids is 1. The fourth-order valence-corrected chi connectivity index (χ4v) is 2.68. The van der Waals surface area contributed by atoms with Gasteiger partial charge in [0.15, 0.2) is 17.8 Å². The van der Waals surface area contributed by atoms with Crippen molar-refractivity contribution in [3.05, 3.63) is 29.9 Å². The molecule has 1 aromatic carbocycles. The summed E-state index contributed by atoms with van der Waals surface area (Å²) in [5, 5.41) is 1.88. The van der Waals surface area contributed by atoms with Gasteiger partial charge in [-0.2, -0.15) is 13.2 Å². The molecule has 130 valence electrons. The summed E-state index contributed by atoms with van der Waals surface area (Å²) in [6, 6.07) is -1.20. The van der Waals surface area contributed by atoms with Crippen LogP contribution in [0.4, 0.5) is 22.4 Å². The Balaban J connectivity index is 1.95. The Hall–Kier alpha value is -2.36. The first kappa shape index (κ1) is 16.5. The lowest BCUT2D eigenvalue weighted by atomic mass is 10.0. The monoisotopic (exact) mass is 347 g/mol. The molecule has 1 saturated heterocycles. The van der Waals surface area contributed by atoms with Crippen LogP contribution < -0.4 is 5.32 Å². The molecular formula is C14H13F4N3O3. The van der Waals surface area contributed by atoms with Gasteiger partial charge in [0.1, 0.15) is 11.6 Å². The summed E-state index contributed by atoms with van der Waals surface area (Å²) in [6.07, 6.45) is -3.51. The molecule has 0 bridgehead atoms. The van der Waals surface area contributed by atoms with Crippen LogP contribution in [0.3, 0.4) is 0 Å². The molecule has 0 unspecified atom stereocenters. The number of benzene rings is 1. The van der Waals surface area contributed by atoms with E-state index >= 15 is 0 Å². The van der Waals surface area contributed by atoms with Gasteiger partial charge in [0.05, 0.1) is 19.2 Å². The van der Waals surface area contributed by atoms with E-state index in [9.17, 15) is 22.4 Å². The Labute approximate surface area is 133 Å². The first-order valence-electron chi connectivity index (χ1n) is 6.96. The van der Waals surface area contributed by atoms with Gasteiger partial charge < -0.3 is 19.4 Å². The van der Waals surface area contributed by atoms with Crippen LogP contribution in [-0.4, -0.2) is 48.4 Å². The van der Waals surface area contributed by atoms with E-state index in [4.69, 9.17) is 9.15 Å². The number of oxazole rings is 1. The third-order valence-electron chi connectivity index (χ3n) is 3.83. The van der Waals surface area contributed by atoms with E-state index in [0.29, 0.717) is 0 Å². The molecule has 3 rings (SSSR count). The van der Waals surface area contributed by atoms with Crippen LogP contribution in [0.15, 0.2) is 22.9 Å². The Morgan fingerprint density at radius 2 is 2.25 bits per heavy atom. The van der Waals surface area contributed by atoms with Crippen molar-refractivity contribution >= 4 is 17.1 Å². The maximum atomic E-state index is 14.1. The highest BCUT2D eigenvalue weighted by Crippen LogP contribution is 2.32. The van der Waals surface area contributed by atoms with Crippen LogP contribution in [0.5, 0.6) is 0 Å². The van der Waals surface area contributed by atoms with Crippen molar-refractivity contribution in [3.63, 3.8) is 0 Å². The second kappa shape index (κ2) is 5.93. The first-order valence-corrected chi connectivity index (χ1v) is 6.96. The maximum Gasteiger partial charge on any atom is 0.410 e. The summed E-state index contributed by atoms with van der Waals surface area (Å²) in [7, 11) is 1.34. The third kappa shape index (κ3) is 2.88. The highest BCUT2D eigenvalue weighted by molar-refractivity contribution is 5.78. The minimum absolute atomic E-state index is 0.0611. The standard InChI is InChI=1S/C14H13F4N3O3/c1-23-5-10(21-4-11(14(16,17)18)20-13(21)22)7-2-8(15)12-9(3-7)19-6-24-12/h2-3,6,10-11H,4-5H2,1H3,(H,20,22)/t10-,11-/m0/s1. The summed E-state index contributed by atoms with van der Waals surface area (Å²) in [4.78, 5) is 16.8. The molecule has 10 heteroatoms. The second-order valence-corrected chi connectivity index (χ2v) is 5.37. The molecule has 2 atom stereocenters. The van der Waals surface area contributed by atoms with E-state index in [1.54, 1.807) is 0 Å². The first-order chi connectivity index (χ1) is 11.3. The molecule has 2 aromatic rings. The zero-order valence-corrected chi connectivity index (χ0v) is 12.4. The van der Waals surface area contributed by atoms with Crippen LogP contribution >= 0.6 is 0 Å². The van der Waals surface area contributed by atoms with Crippen LogP contribution in [0.2, 0.25) is 0 Å². The lowest BCUT2D eigenvalue weighted by molar-refractivity contribution is -0.150. The average Bonchev–Trinajstić information content (AvgIpc) is 3.11. The number of alkyl halides is 3. The summed E-state index contributed by atoms with van der Waals surface area (Å²) < 4.78 is 62.5. The van der Waals surface area contributed by atoms with E-state index in [0.717, 1.165) is 17.4 Å². The number of nitrogens with one attached hydrogen (secondary N) is 1. The summed E-state index contributed by atoms with van der Waals surface area (Å²) in [5.74, 6) is -0.715. The number of ether oxygens (including phenoxy) is 1. The van der Waals surface area contributed by atoms with E-state index < -0.39 is 36.7 Å². The number of urea groups is 1. The Kier molecular flexibility index (Phi) is 4.08. The van der Waals surface area contributed by atoms with Gasteiger partial charge in [-0.1, -0.05) is 0 Å². The van der Waals surface area contributed by atoms with E-state index in [-0.39, 0.29) is 23.3 Å². The summed E-state index contributed by atoms with van der Waals surface area (Å²) in [5.41, 5.74) is 0.417. The molecule has 1 aliphatic heterocycles. The molecule has 1 fully saturated rings. The van der Waals surface area contributed by atoms with Crippen LogP contribution in [0.25, 0.3) is 11.1 Å². The van der Waals surface area contributed by atoms with Gasteiger partial charge >= 0.3 is 12.2 Å². The van der Waals surface area contributed by atoms with Crippen molar-refractivity contribution in [1.82, 2.24) is 15.2 Å². The van der Waals surface area contributed by atoms with Gasteiger partial charge in [0, 0.05) is 7.11 Å². The molecular weight excluding hydrogens is 334 g/mol. The minimum atomic E-state index is -4.57. The van der Waals surface area contributed by atoms with Gasteiger partial charge in [-0.15, -0.1) is 0 Å². The van der Waals surface area contributed by atoms with E-state index in [1.807, 2.05) is 5.32 Å². The minimum Gasteiger partial charge on any atom is -0.440 e. The Morgan fingerprint density at radius 3 is 2.88 bits per heavy atom. The molecule has 2 amide bonds. The lowest BCUT2D eigenvalue weighted by Crippen LogP contribution is -2.40. The van der Waals surface area contributed by atoms with Crippen LogP contribution in [-0.2, 0) is 4.74 Å². The fraction of sp³-hybridized carbons (Fsp3) is 0.429. The number of aromatic nitrogens is 1. The van der Waals surface area contributed by atoms with Crippen LogP contribution in [0.1, 0.15) is 11.6 Å². The van der Waals surface area contributed by atoms with Crippen molar-refractivity contribution < 1.29 is 31.5 Å². The number of carbonyl (C=O) groups is 1. The van der Waals surface area contributed by atoms with Crippen molar-refractivity contribution in [2.24, 2.45) is 0 Å². The van der Waals surface area contributed by atoms with Gasteiger partial charge in [-0.25, -0.2) is 14.2 Å².